The highest BCUT2D eigenvalue weighted by atomic mass is 32.1. The number of aliphatic imine (C=N–C) groups is 1. The number of aryl methyl sites for hydroxylation is 2. The van der Waals surface area contributed by atoms with Crippen molar-refractivity contribution in [3.8, 4) is 0 Å². The van der Waals surface area contributed by atoms with Gasteiger partial charge in [0.1, 0.15) is 11.5 Å². The third kappa shape index (κ3) is 2.59. The lowest BCUT2D eigenvalue weighted by atomic mass is 10.2. The lowest BCUT2D eigenvalue weighted by Crippen LogP contribution is -1.88. The molecule has 0 aliphatic carbocycles. The van der Waals surface area contributed by atoms with Crippen LogP contribution in [0.5, 0.6) is 0 Å². The number of hydrogen-bond acceptors (Lipinski definition) is 3. The smallest absolute Gasteiger partial charge is 0.146 e. The fourth-order valence-electron chi connectivity index (χ4n) is 2.95. The Balaban J connectivity index is 1.77. The molecule has 1 aromatic carbocycles. The Hall–Kier alpha value is -2.59. The molecule has 120 valence electrons. The highest BCUT2D eigenvalue weighted by molar-refractivity contribution is 7.21. The van der Waals surface area contributed by atoms with Crippen molar-refractivity contribution in [3.05, 3.63) is 75.8 Å². The number of benzene rings is 1. The van der Waals surface area contributed by atoms with E-state index in [0.29, 0.717) is 0 Å². The summed E-state index contributed by atoms with van der Waals surface area (Å²) in [4.78, 5) is 9.33. The molecule has 0 unspecified atom stereocenters. The van der Waals surface area contributed by atoms with Crippen molar-refractivity contribution >= 4 is 33.2 Å². The molecule has 0 fully saturated rings. The molecular weight excluding hydrogens is 316 g/mol. The second kappa shape index (κ2) is 5.80. The maximum atomic E-state index is 5.54. The first-order chi connectivity index (χ1) is 11.6. The number of nitrogens with one attached hydrogen (secondary N) is 1. The summed E-state index contributed by atoms with van der Waals surface area (Å²) in [6.45, 7) is 4.15. The molecule has 2 aromatic heterocycles. The van der Waals surface area contributed by atoms with Gasteiger partial charge in [-0.3, -0.25) is 0 Å². The van der Waals surface area contributed by atoms with E-state index in [0.717, 1.165) is 33.4 Å². The first kappa shape index (κ1) is 15.0. The number of nitrogens with zero attached hydrogens (tertiary/aromatic N) is 1. The number of methoxy groups -OCH3 is 1. The van der Waals surface area contributed by atoms with Gasteiger partial charge in [-0.2, -0.15) is 0 Å². The molecule has 0 atom stereocenters. The molecule has 0 amide bonds. The predicted octanol–water partition coefficient (Wildman–Crippen LogP) is 5.22. The number of thiophene rings is 1. The Morgan fingerprint density at radius 3 is 2.71 bits per heavy atom. The Labute approximate surface area is 145 Å². The van der Waals surface area contributed by atoms with E-state index in [2.05, 4.69) is 61.3 Å². The van der Waals surface area contributed by atoms with Crippen LogP contribution in [0.3, 0.4) is 0 Å². The van der Waals surface area contributed by atoms with Crippen LogP contribution in [0.2, 0.25) is 0 Å². The molecule has 1 aliphatic rings. The molecule has 1 aliphatic heterocycles. The number of rotatable bonds is 3. The maximum absolute atomic E-state index is 5.54. The van der Waals surface area contributed by atoms with Crippen LogP contribution in [0.15, 0.2) is 58.9 Å². The fourth-order valence-corrected chi connectivity index (χ4v) is 3.98. The van der Waals surface area contributed by atoms with Crippen molar-refractivity contribution in [2.45, 2.75) is 13.8 Å². The number of allylic oxidation sites excluding steroid dienone is 1. The van der Waals surface area contributed by atoms with Crippen LogP contribution in [-0.2, 0) is 4.74 Å². The normalized spacial score (nSPS) is 15.9. The molecule has 0 radical (unpaired) electrons. The quantitative estimate of drug-likeness (QED) is 0.700. The maximum Gasteiger partial charge on any atom is 0.146 e. The van der Waals surface area contributed by atoms with Gasteiger partial charge >= 0.3 is 0 Å². The summed E-state index contributed by atoms with van der Waals surface area (Å²) < 4.78 is 6.81. The number of aromatic nitrogens is 1. The first-order valence-electron chi connectivity index (χ1n) is 7.85. The molecule has 3 heterocycles. The van der Waals surface area contributed by atoms with Crippen molar-refractivity contribution < 1.29 is 4.74 Å². The zero-order valence-corrected chi connectivity index (χ0v) is 14.7. The van der Waals surface area contributed by atoms with Crippen LogP contribution in [0, 0.1) is 13.8 Å². The molecule has 4 heteroatoms. The van der Waals surface area contributed by atoms with Crippen molar-refractivity contribution in [1.82, 2.24) is 4.98 Å². The molecule has 0 bridgehead atoms. The Bertz CT molecular complexity index is 984. The van der Waals surface area contributed by atoms with Crippen LogP contribution in [0.25, 0.3) is 16.2 Å². The molecule has 0 spiro atoms. The number of aromatic amines is 1. The number of H-pyrrole nitrogens is 1. The van der Waals surface area contributed by atoms with E-state index < -0.39 is 0 Å². The predicted molar refractivity (Wildman–Crippen MR) is 102 cm³/mol. The molecule has 4 rings (SSSR count). The minimum atomic E-state index is 0.800. The van der Waals surface area contributed by atoms with E-state index in [9.17, 15) is 0 Å². The molecule has 3 aromatic rings. The zero-order valence-electron chi connectivity index (χ0n) is 13.9. The third-order valence-corrected chi connectivity index (χ3v) is 5.27. The molecule has 0 saturated heterocycles. The number of hydrogen-bond donors (Lipinski definition) is 1. The van der Waals surface area contributed by atoms with Crippen LogP contribution in [-0.4, -0.2) is 17.8 Å². The zero-order chi connectivity index (χ0) is 16.7. The number of fused-ring (bicyclic) bond motifs is 1. The Morgan fingerprint density at radius 1 is 1.17 bits per heavy atom. The first-order valence-corrected chi connectivity index (χ1v) is 8.67. The molecular formula is C20H18N2OS. The van der Waals surface area contributed by atoms with Gasteiger partial charge in [0.2, 0.25) is 0 Å². The topological polar surface area (TPSA) is 37.4 Å². The fraction of sp³-hybridized carbons (Fsp3) is 0.150. The van der Waals surface area contributed by atoms with E-state index in [1.165, 1.54) is 15.6 Å². The van der Waals surface area contributed by atoms with Crippen molar-refractivity contribution in [2.75, 3.05) is 7.11 Å². The van der Waals surface area contributed by atoms with Gasteiger partial charge in [-0.05, 0) is 49.1 Å². The summed E-state index contributed by atoms with van der Waals surface area (Å²) in [6.07, 6.45) is 4.07. The summed E-state index contributed by atoms with van der Waals surface area (Å²) in [5, 5.41) is 1.25. The van der Waals surface area contributed by atoms with Crippen molar-refractivity contribution in [2.24, 2.45) is 4.99 Å². The SMILES string of the molecule is COC1=CC(c2cc3ccccc3s2)=N/C1=C/c1[nH]c(C)cc1C. The van der Waals surface area contributed by atoms with Gasteiger partial charge in [0.05, 0.1) is 17.7 Å². The molecule has 1 N–H and O–H groups in total. The minimum Gasteiger partial charge on any atom is -0.494 e. The summed E-state index contributed by atoms with van der Waals surface area (Å²) in [7, 11) is 1.69. The van der Waals surface area contributed by atoms with Crippen LogP contribution in [0.1, 0.15) is 21.8 Å². The standard InChI is InChI=1S/C20H18N2OS/c1-12-8-13(2)21-15(12)10-16-18(23-3)11-17(22-16)20-9-14-6-4-5-7-19(14)24-20/h4-11,21H,1-3H3/b16-10+. The van der Waals surface area contributed by atoms with E-state index in [4.69, 9.17) is 9.73 Å². The lowest BCUT2D eigenvalue weighted by Gasteiger charge is -2.01. The average Bonchev–Trinajstić information content (AvgIpc) is 3.24. The van der Waals surface area contributed by atoms with Crippen molar-refractivity contribution in [1.29, 1.82) is 0 Å². The van der Waals surface area contributed by atoms with E-state index in [1.54, 1.807) is 18.4 Å². The van der Waals surface area contributed by atoms with Crippen molar-refractivity contribution in [3.63, 3.8) is 0 Å². The van der Waals surface area contributed by atoms with Gasteiger partial charge in [0.15, 0.2) is 0 Å². The van der Waals surface area contributed by atoms with E-state index in [1.807, 2.05) is 6.08 Å². The Kier molecular flexibility index (Phi) is 3.62. The van der Waals surface area contributed by atoms with Gasteiger partial charge in [-0.25, -0.2) is 4.99 Å². The summed E-state index contributed by atoms with van der Waals surface area (Å²) in [5.74, 6) is 0.800. The highest BCUT2D eigenvalue weighted by Crippen LogP contribution is 2.31. The summed E-state index contributed by atoms with van der Waals surface area (Å²) >= 11 is 1.76. The summed E-state index contributed by atoms with van der Waals surface area (Å²) in [6, 6.07) is 12.7. The Morgan fingerprint density at radius 2 is 2.00 bits per heavy atom. The van der Waals surface area contributed by atoms with Crippen LogP contribution >= 0.6 is 11.3 Å². The van der Waals surface area contributed by atoms with Gasteiger partial charge in [0, 0.05) is 22.2 Å². The van der Waals surface area contributed by atoms with E-state index in [-0.39, 0.29) is 0 Å². The van der Waals surface area contributed by atoms with Crippen LogP contribution in [0.4, 0.5) is 0 Å². The number of ether oxygens (including phenoxy) is 1. The van der Waals surface area contributed by atoms with Gasteiger partial charge in [0.25, 0.3) is 0 Å². The third-order valence-electron chi connectivity index (χ3n) is 4.13. The second-order valence-electron chi connectivity index (χ2n) is 5.94. The average molecular weight is 334 g/mol. The molecule has 3 nitrogen and oxygen atoms in total. The van der Waals surface area contributed by atoms with Crippen LogP contribution < -0.4 is 0 Å². The molecule has 24 heavy (non-hydrogen) atoms. The van der Waals surface area contributed by atoms with Gasteiger partial charge in [-0.15, -0.1) is 11.3 Å². The highest BCUT2D eigenvalue weighted by Gasteiger charge is 2.18. The van der Waals surface area contributed by atoms with E-state index >= 15 is 0 Å². The lowest BCUT2D eigenvalue weighted by molar-refractivity contribution is 0.303. The van der Waals surface area contributed by atoms with Gasteiger partial charge < -0.3 is 9.72 Å². The molecule has 0 saturated carbocycles. The summed E-state index contributed by atoms with van der Waals surface area (Å²) in [5.41, 5.74) is 5.25. The largest absolute Gasteiger partial charge is 0.494 e. The van der Waals surface area contributed by atoms with Gasteiger partial charge in [-0.1, -0.05) is 18.2 Å². The minimum absolute atomic E-state index is 0.800. The monoisotopic (exact) mass is 334 g/mol. The second-order valence-corrected chi connectivity index (χ2v) is 7.02.